The number of para-hydroxylation sites is 2. The van der Waals surface area contributed by atoms with E-state index in [9.17, 15) is 4.79 Å². The fraction of sp³-hybridized carbons (Fsp3) is 0.333. The van der Waals surface area contributed by atoms with E-state index in [0.29, 0.717) is 12.3 Å². The molecule has 0 radical (unpaired) electrons. The number of primary amides is 1. The molecule has 7 nitrogen and oxygen atoms in total. The summed E-state index contributed by atoms with van der Waals surface area (Å²) in [5.74, 6) is 1.04. The Kier molecular flexibility index (Phi) is 4.33. The molecule has 2 N–H and O–H groups in total. The Morgan fingerprint density at radius 2 is 2.17 bits per heavy atom. The van der Waals surface area contributed by atoms with Gasteiger partial charge in [-0.1, -0.05) is 23.9 Å². The van der Waals surface area contributed by atoms with Gasteiger partial charge in [0.1, 0.15) is 11.3 Å². The van der Waals surface area contributed by atoms with Gasteiger partial charge in [-0.3, -0.25) is 4.79 Å². The number of hydrogen-bond acceptors (Lipinski definition) is 6. The summed E-state index contributed by atoms with van der Waals surface area (Å²) in [5, 5.41) is 9.02. The van der Waals surface area contributed by atoms with Gasteiger partial charge in [0.25, 0.3) is 0 Å². The zero-order valence-electron chi connectivity index (χ0n) is 12.9. The highest BCUT2D eigenvalue weighted by molar-refractivity contribution is 7.99. The number of aromatic nitrogens is 4. The molecule has 3 rings (SSSR count). The molecule has 0 aliphatic heterocycles. The van der Waals surface area contributed by atoms with Crippen LogP contribution in [0, 0.1) is 0 Å². The van der Waals surface area contributed by atoms with E-state index in [1.165, 1.54) is 11.8 Å². The number of thioether (sulfide) groups is 1. The summed E-state index contributed by atoms with van der Waals surface area (Å²) in [6, 6.07) is 7.67. The number of rotatable bonds is 6. The molecule has 0 saturated carbocycles. The Hall–Kier alpha value is -2.35. The monoisotopic (exact) mass is 331 g/mol. The van der Waals surface area contributed by atoms with E-state index < -0.39 is 0 Å². The molecule has 23 heavy (non-hydrogen) atoms. The predicted octanol–water partition coefficient (Wildman–Crippen LogP) is 2.23. The van der Waals surface area contributed by atoms with Crippen molar-refractivity contribution in [3.63, 3.8) is 0 Å². The zero-order valence-corrected chi connectivity index (χ0v) is 13.7. The smallest absolute Gasteiger partial charge is 0.217 e. The Morgan fingerprint density at radius 1 is 1.39 bits per heavy atom. The van der Waals surface area contributed by atoms with Crippen molar-refractivity contribution in [3.05, 3.63) is 36.0 Å². The van der Waals surface area contributed by atoms with Gasteiger partial charge >= 0.3 is 0 Å². The van der Waals surface area contributed by atoms with Crippen LogP contribution in [0.4, 0.5) is 0 Å². The Bertz CT molecular complexity index is 808. The quantitative estimate of drug-likeness (QED) is 0.695. The van der Waals surface area contributed by atoms with Crippen molar-refractivity contribution >= 4 is 28.8 Å². The van der Waals surface area contributed by atoms with Gasteiger partial charge in [0.2, 0.25) is 11.8 Å². The average Bonchev–Trinajstić information content (AvgIpc) is 3.10. The van der Waals surface area contributed by atoms with E-state index in [-0.39, 0.29) is 17.6 Å². The first kappa shape index (κ1) is 15.5. The second-order valence-corrected chi connectivity index (χ2v) is 6.51. The maximum atomic E-state index is 10.9. The van der Waals surface area contributed by atoms with Crippen LogP contribution in [0.1, 0.15) is 30.3 Å². The van der Waals surface area contributed by atoms with Crippen LogP contribution in [0.15, 0.2) is 33.8 Å². The Labute approximate surface area is 137 Å². The largest absolute Gasteiger partial charge is 0.439 e. The van der Waals surface area contributed by atoms with Crippen molar-refractivity contribution in [1.29, 1.82) is 0 Å². The van der Waals surface area contributed by atoms with Gasteiger partial charge in [0.15, 0.2) is 10.7 Å². The molecule has 0 unspecified atom stereocenters. The minimum Gasteiger partial charge on any atom is -0.439 e. The first-order valence-corrected chi connectivity index (χ1v) is 8.11. The molecular weight excluding hydrogens is 314 g/mol. The lowest BCUT2D eigenvalue weighted by Crippen LogP contribution is -2.12. The lowest BCUT2D eigenvalue weighted by molar-refractivity contribution is -0.118. The van der Waals surface area contributed by atoms with Crippen molar-refractivity contribution in [2.24, 2.45) is 12.8 Å². The Balaban J connectivity index is 1.74. The van der Waals surface area contributed by atoms with Crippen LogP contribution in [-0.4, -0.2) is 25.7 Å². The second kappa shape index (κ2) is 6.41. The van der Waals surface area contributed by atoms with E-state index >= 15 is 0 Å². The van der Waals surface area contributed by atoms with Crippen molar-refractivity contribution < 1.29 is 9.21 Å². The van der Waals surface area contributed by atoms with Gasteiger partial charge in [-0.05, 0) is 19.1 Å². The number of nitrogens with two attached hydrogens (primary N) is 1. The van der Waals surface area contributed by atoms with Crippen LogP contribution < -0.4 is 5.73 Å². The molecule has 0 spiro atoms. The number of fused-ring (bicyclic) bond motifs is 1. The first-order chi connectivity index (χ1) is 11.0. The summed E-state index contributed by atoms with van der Waals surface area (Å²) in [4.78, 5) is 15.4. The second-order valence-electron chi connectivity index (χ2n) is 5.20. The van der Waals surface area contributed by atoms with Crippen LogP contribution in [0.25, 0.3) is 11.1 Å². The van der Waals surface area contributed by atoms with Crippen molar-refractivity contribution in [3.8, 4) is 0 Å². The number of oxazole rings is 1. The molecule has 0 bridgehead atoms. The lowest BCUT2D eigenvalue weighted by Gasteiger charge is -2.07. The maximum Gasteiger partial charge on any atom is 0.217 e. The molecule has 0 aliphatic rings. The SMILES string of the molecule is C[C@@H](Sc1nnc(CCC(N)=O)n1C)c1nc2ccccc2o1. The maximum absolute atomic E-state index is 10.9. The summed E-state index contributed by atoms with van der Waals surface area (Å²) in [6.45, 7) is 2.01. The molecule has 1 amide bonds. The molecule has 0 aliphatic carbocycles. The van der Waals surface area contributed by atoms with Crippen molar-refractivity contribution in [1.82, 2.24) is 19.7 Å². The third kappa shape index (κ3) is 3.37. The van der Waals surface area contributed by atoms with Crippen molar-refractivity contribution in [2.75, 3.05) is 0 Å². The molecule has 8 heteroatoms. The summed E-state index contributed by atoms with van der Waals surface area (Å²) in [5.41, 5.74) is 6.78. The standard InChI is InChI=1S/C15H17N5O2S/c1-9(14-17-10-5-3-4-6-11(10)22-14)23-15-19-18-13(20(15)2)8-7-12(16)21/h3-6,9H,7-8H2,1-2H3,(H2,16,21)/t9-/m1/s1. The third-order valence-corrected chi connectivity index (χ3v) is 4.58. The zero-order chi connectivity index (χ0) is 16.4. The first-order valence-electron chi connectivity index (χ1n) is 7.23. The van der Waals surface area contributed by atoms with Gasteiger partial charge in [-0.15, -0.1) is 10.2 Å². The highest BCUT2D eigenvalue weighted by Crippen LogP contribution is 2.34. The fourth-order valence-corrected chi connectivity index (χ4v) is 3.04. The molecule has 120 valence electrons. The minimum absolute atomic E-state index is 0.00529. The minimum atomic E-state index is -0.345. The van der Waals surface area contributed by atoms with Crippen LogP contribution >= 0.6 is 11.8 Å². The van der Waals surface area contributed by atoms with Crippen LogP contribution in [0.2, 0.25) is 0 Å². The van der Waals surface area contributed by atoms with Gasteiger partial charge in [0, 0.05) is 19.9 Å². The number of carbonyl (C=O) groups excluding carboxylic acids is 1. The van der Waals surface area contributed by atoms with E-state index in [2.05, 4.69) is 15.2 Å². The van der Waals surface area contributed by atoms with Gasteiger partial charge in [-0.25, -0.2) is 4.98 Å². The topological polar surface area (TPSA) is 99.8 Å². The molecule has 2 aromatic heterocycles. The van der Waals surface area contributed by atoms with Crippen molar-refractivity contribution in [2.45, 2.75) is 30.2 Å². The van der Waals surface area contributed by atoms with Gasteiger partial charge in [0.05, 0.1) is 5.25 Å². The van der Waals surface area contributed by atoms with E-state index in [0.717, 1.165) is 22.1 Å². The molecular formula is C15H17N5O2S. The predicted molar refractivity (Wildman–Crippen MR) is 86.8 cm³/mol. The Morgan fingerprint density at radius 3 is 2.91 bits per heavy atom. The molecule has 0 fully saturated rings. The van der Waals surface area contributed by atoms with Crippen LogP contribution in [0.5, 0.6) is 0 Å². The number of hydrogen-bond donors (Lipinski definition) is 1. The number of aryl methyl sites for hydroxylation is 1. The summed E-state index contributed by atoms with van der Waals surface area (Å²) in [6.07, 6.45) is 0.744. The number of carbonyl (C=O) groups is 1. The molecule has 1 aromatic carbocycles. The van der Waals surface area contributed by atoms with E-state index in [1.54, 1.807) is 0 Å². The number of nitrogens with zero attached hydrogens (tertiary/aromatic N) is 4. The lowest BCUT2D eigenvalue weighted by atomic mass is 10.3. The summed E-state index contributed by atoms with van der Waals surface area (Å²) in [7, 11) is 1.87. The van der Waals surface area contributed by atoms with E-state index in [1.807, 2.05) is 42.8 Å². The average molecular weight is 331 g/mol. The fourth-order valence-electron chi connectivity index (χ4n) is 2.17. The van der Waals surface area contributed by atoms with E-state index in [4.69, 9.17) is 10.2 Å². The number of amides is 1. The summed E-state index contributed by atoms with van der Waals surface area (Å²) >= 11 is 1.51. The normalized spacial score (nSPS) is 12.6. The van der Waals surface area contributed by atoms with Crippen LogP contribution in [0.3, 0.4) is 0 Å². The molecule has 2 heterocycles. The molecule has 1 atom stereocenters. The molecule has 3 aromatic rings. The van der Waals surface area contributed by atoms with Gasteiger partial charge < -0.3 is 14.7 Å². The highest BCUT2D eigenvalue weighted by Gasteiger charge is 2.19. The van der Waals surface area contributed by atoms with Gasteiger partial charge in [-0.2, -0.15) is 0 Å². The van der Waals surface area contributed by atoms with Crippen LogP contribution in [-0.2, 0) is 18.3 Å². The highest BCUT2D eigenvalue weighted by atomic mass is 32.2. The molecule has 0 saturated heterocycles. The summed E-state index contributed by atoms with van der Waals surface area (Å²) < 4.78 is 7.64. The number of benzene rings is 1. The third-order valence-electron chi connectivity index (χ3n) is 3.46.